The fourth-order valence-electron chi connectivity index (χ4n) is 2.49. The van der Waals surface area contributed by atoms with Gasteiger partial charge in [0, 0.05) is 25.3 Å². The van der Waals surface area contributed by atoms with Crippen LogP contribution in [0.5, 0.6) is 5.75 Å². The van der Waals surface area contributed by atoms with Gasteiger partial charge in [-0.3, -0.25) is 0 Å². The highest BCUT2D eigenvalue weighted by atomic mass is 32.2. The SMILES string of the molecule is OCC1CN(Sc2cccs2)CCN1c1ccc(O)cc1. The highest BCUT2D eigenvalue weighted by Crippen LogP contribution is 2.31. The molecule has 2 aromatic rings. The fraction of sp³-hybridized carbons (Fsp3) is 0.333. The highest BCUT2D eigenvalue weighted by Gasteiger charge is 2.27. The lowest BCUT2D eigenvalue weighted by atomic mass is 10.1. The number of aliphatic hydroxyl groups excluding tert-OH is 1. The summed E-state index contributed by atoms with van der Waals surface area (Å²) in [6.07, 6.45) is 0. The number of thiophene rings is 1. The van der Waals surface area contributed by atoms with Gasteiger partial charge in [-0.15, -0.1) is 11.3 Å². The topological polar surface area (TPSA) is 46.9 Å². The number of piperazine rings is 1. The molecule has 1 atom stereocenters. The lowest BCUT2D eigenvalue weighted by Gasteiger charge is -2.41. The van der Waals surface area contributed by atoms with Crippen LogP contribution < -0.4 is 4.90 Å². The lowest BCUT2D eigenvalue weighted by Crippen LogP contribution is -2.52. The Balaban J connectivity index is 1.67. The van der Waals surface area contributed by atoms with Crippen molar-refractivity contribution < 1.29 is 10.2 Å². The van der Waals surface area contributed by atoms with Crippen LogP contribution in [-0.2, 0) is 0 Å². The zero-order chi connectivity index (χ0) is 14.7. The van der Waals surface area contributed by atoms with Crippen molar-refractivity contribution in [3.05, 3.63) is 41.8 Å². The molecule has 2 N–H and O–H groups in total. The molecular weight excluding hydrogens is 304 g/mol. The molecule has 1 fully saturated rings. The van der Waals surface area contributed by atoms with E-state index in [1.807, 2.05) is 12.1 Å². The molecule has 1 unspecified atom stereocenters. The highest BCUT2D eigenvalue weighted by molar-refractivity contribution is 7.98. The first-order valence-electron chi connectivity index (χ1n) is 6.89. The van der Waals surface area contributed by atoms with Crippen LogP contribution in [0.25, 0.3) is 0 Å². The molecule has 0 bridgehead atoms. The van der Waals surface area contributed by atoms with Crippen molar-refractivity contribution in [2.24, 2.45) is 0 Å². The molecule has 0 aliphatic carbocycles. The first kappa shape index (κ1) is 14.7. The summed E-state index contributed by atoms with van der Waals surface area (Å²) in [6, 6.07) is 11.4. The molecule has 112 valence electrons. The quantitative estimate of drug-likeness (QED) is 0.848. The van der Waals surface area contributed by atoms with Gasteiger partial charge in [0.25, 0.3) is 0 Å². The van der Waals surface area contributed by atoms with Gasteiger partial charge in [0.1, 0.15) is 5.75 Å². The Hall–Kier alpha value is -1.21. The summed E-state index contributed by atoms with van der Waals surface area (Å²) in [5.74, 6) is 0.270. The molecule has 0 amide bonds. The molecule has 1 aromatic heterocycles. The zero-order valence-electron chi connectivity index (χ0n) is 11.6. The molecule has 6 heteroatoms. The van der Waals surface area contributed by atoms with Gasteiger partial charge in [0.15, 0.2) is 0 Å². The molecule has 1 saturated heterocycles. The standard InChI is InChI=1S/C15H18N2O2S2/c18-11-13-10-16(21-15-2-1-9-20-15)7-8-17(13)12-3-5-14(19)6-4-12/h1-6,9,13,18-19H,7-8,10-11H2. The predicted octanol–water partition coefficient (Wildman–Crippen LogP) is 2.64. The van der Waals surface area contributed by atoms with Crippen molar-refractivity contribution >= 4 is 29.0 Å². The van der Waals surface area contributed by atoms with Crippen molar-refractivity contribution in [3.8, 4) is 5.75 Å². The molecule has 1 aromatic carbocycles. The first-order chi connectivity index (χ1) is 10.3. The van der Waals surface area contributed by atoms with Gasteiger partial charge in [-0.25, -0.2) is 4.31 Å². The molecule has 0 saturated carbocycles. The molecule has 1 aliphatic rings. The zero-order valence-corrected chi connectivity index (χ0v) is 13.2. The molecule has 4 nitrogen and oxygen atoms in total. The third-order valence-electron chi connectivity index (χ3n) is 3.55. The maximum atomic E-state index is 9.70. The average Bonchev–Trinajstić information content (AvgIpc) is 3.01. The molecule has 1 aliphatic heterocycles. The van der Waals surface area contributed by atoms with Gasteiger partial charge in [-0.05, 0) is 47.7 Å². The maximum absolute atomic E-state index is 9.70. The number of nitrogens with zero attached hydrogens (tertiary/aromatic N) is 2. The van der Waals surface area contributed by atoms with E-state index >= 15 is 0 Å². The van der Waals surface area contributed by atoms with E-state index in [1.165, 1.54) is 4.21 Å². The predicted molar refractivity (Wildman–Crippen MR) is 88.1 cm³/mol. The van der Waals surface area contributed by atoms with Crippen LogP contribution in [0.3, 0.4) is 0 Å². The minimum absolute atomic E-state index is 0.0794. The van der Waals surface area contributed by atoms with Crippen molar-refractivity contribution in [1.29, 1.82) is 0 Å². The van der Waals surface area contributed by atoms with E-state index in [4.69, 9.17) is 0 Å². The smallest absolute Gasteiger partial charge is 0.115 e. The van der Waals surface area contributed by atoms with E-state index in [-0.39, 0.29) is 18.4 Å². The minimum Gasteiger partial charge on any atom is -0.508 e. The first-order valence-corrected chi connectivity index (χ1v) is 8.54. The van der Waals surface area contributed by atoms with E-state index in [9.17, 15) is 10.2 Å². The van der Waals surface area contributed by atoms with Crippen LogP contribution in [0, 0.1) is 0 Å². The summed E-state index contributed by atoms with van der Waals surface area (Å²) in [7, 11) is 0. The van der Waals surface area contributed by atoms with E-state index in [2.05, 4.69) is 26.7 Å². The number of phenols is 1. The summed E-state index contributed by atoms with van der Waals surface area (Å²) >= 11 is 3.51. The van der Waals surface area contributed by atoms with Crippen LogP contribution >= 0.6 is 23.3 Å². The summed E-state index contributed by atoms with van der Waals surface area (Å²) in [5.41, 5.74) is 1.05. The normalized spacial score (nSPS) is 19.9. The summed E-state index contributed by atoms with van der Waals surface area (Å²) in [6.45, 7) is 2.76. The van der Waals surface area contributed by atoms with Gasteiger partial charge in [-0.1, -0.05) is 6.07 Å². The van der Waals surface area contributed by atoms with Crippen LogP contribution in [0.2, 0.25) is 0 Å². The van der Waals surface area contributed by atoms with Gasteiger partial charge >= 0.3 is 0 Å². The van der Waals surface area contributed by atoms with E-state index in [0.717, 1.165) is 25.3 Å². The Morgan fingerprint density at radius 2 is 2.00 bits per heavy atom. The molecular formula is C15H18N2O2S2. The van der Waals surface area contributed by atoms with Crippen molar-refractivity contribution in [1.82, 2.24) is 4.31 Å². The van der Waals surface area contributed by atoms with Gasteiger partial charge < -0.3 is 15.1 Å². The van der Waals surface area contributed by atoms with Crippen LogP contribution in [0.4, 0.5) is 5.69 Å². The summed E-state index contributed by atoms with van der Waals surface area (Å²) in [4.78, 5) is 2.21. The molecule has 0 radical (unpaired) electrons. The Kier molecular flexibility index (Phi) is 4.70. The van der Waals surface area contributed by atoms with Gasteiger partial charge in [0.2, 0.25) is 0 Å². The van der Waals surface area contributed by atoms with E-state index < -0.39 is 0 Å². The summed E-state index contributed by atoms with van der Waals surface area (Å²) in [5, 5.41) is 21.2. The Morgan fingerprint density at radius 1 is 1.19 bits per heavy atom. The molecule has 0 spiro atoms. The number of aliphatic hydroxyl groups is 1. The molecule has 3 rings (SSSR count). The molecule has 2 heterocycles. The number of rotatable bonds is 4. The van der Waals surface area contributed by atoms with Crippen molar-refractivity contribution in [2.75, 3.05) is 31.1 Å². The van der Waals surface area contributed by atoms with E-state index in [0.29, 0.717) is 0 Å². The van der Waals surface area contributed by atoms with E-state index in [1.54, 1.807) is 35.4 Å². The third kappa shape index (κ3) is 3.52. The Bertz CT molecular complexity index is 560. The second kappa shape index (κ2) is 6.70. The second-order valence-electron chi connectivity index (χ2n) is 4.96. The number of benzene rings is 1. The van der Waals surface area contributed by atoms with Gasteiger partial charge in [-0.2, -0.15) is 0 Å². The van der Waals surface area contributed by atoms with Crippen molar-refractivity contribution in [3.63, 3.8) is 0 Å². The Labute approximate surface area is 132 Å². The number of aromatic hydroxyl groups is 1. The maximum Gasteiger partial charge on any atom is 0.115 e. The van der Waals surface area contributed by atoms with Crippen LogP contribution in [0.1, 0.15) is 0 Å². The number of hydrogen-bond donors (Lipinski definition) is 2. The summed E-state index contributed by atoms with van der Waals surface area (Å²) < 4.78 is 3.59. The molecule has 21 heavy (non-hydrogen) atoms. The largest absolute Gasteiger partial charge is 0.508 e. The van der Waals surface area contributed by atoms with Crippen molar-refractivity contribution in [2.45, 2.75) is 10.3 Å². The van der Waals surface area contributed by atoms with Crippen LogP contribution in [-0.4, -0.2) is 46.8 Å². The number of anilines is 1. The lowest BCUT2D eigenvalue weighted by molar-refractivity contribution is 0.223. The average molecular weight is 322 g/mol. The Morgan fingerprint density at radius 3 is 2.67 bits per heavy atom. The third-order valence-corrected chi connectivity index (χ3v) is 5.63. The fourth-order valence-corrected chi connectivity index (χ4v) is 4.41. The number of hydrogen-bond acceptors (Lipinski definition) is 6. The monoisotopic (exact) mass is 322 g/mol. The second-order valence-corrected chi connectivity index (χ2v) is 7.30. The van der Waals surface area contributed by atoms with Gasteiger partial charge in [0.05, 0.1) is 16.9 Å². The number of phenolic OH excluding ortho intramolecular Hbond substituents is 1. The van der Waals surface area contributed by atoms with Crippen LogP contribution in [0.15, 0.2) is 46.0 Å². The minimum atomic E-state index is 0.0794.